The molecule has 6 heterocycles. The molecule has 0 saturated heterocycles. The zero-order chi connectivity index (χ0) is 43.4. The highest BCUT2D eigenvalue weighted by molar-refractivity contribution is 7.40. The lowest BCUT2D eigenvalue weighted by Gasteiger charge is -2.07. The summed E-state index contributed by atoms with van der Waals surface area (Å²) >= 11 is 5.68. The van der Waals surface area contributed by atoms with Gasteiger partial charge in [0.05, 0.1) is 50.3 Å². The average molecular weight is 911 g/mol. The quantitative estimate of drug-likeness (QED) is 0.119. The third kappa shape index (κ3) is 5.80. The summed E-state index contributed by atoms with van der Waals surface area (Å²) in [7, 11) is 0. The third-order valence-corrected chi connectivity index (χ3v) is 16.4. The molecule has 10 nitrogen and oxygen atoms in total. The molecular formula is C50H26N2O8S4. The van der Waals surface area contributed by atoms with E-state index in [9.17, 15) is 28.8 Å². The largest absolute Gasteiger partial charge is 0.444 e. The van der Waals surface area contributed by atoms with Crippen LogP contribution in [0.15, 0.2) is 121 Å². The first-order chi connectivity index (χ1) is 31.2. The molecule has 0 amide bonds. The maximum Gasteiger partial charge on any atom is 0.419 e. The Labute approximate surface area is 377 Å². The molecule has 14 heteroatoms. The van der Waals surface area contributed by atoms with Crippen LogP contribution in [-0.2, 0) is 32.3 Å². The minimum Gasteiger partial charge on any atom is -0.444 e. The molecule has 0 radical (unpaired) electrons. The van der Waals surface area contributed by atoms with E-state index in [1.54, 1.807) is 69.8 Å². The standard InChI is InChI=1S/C50H26N2O8S4/c53-39-31-17-9-7-15-29(31)33(41(39)55)19-27-21-35-43(61-27)45-37(51(35)49(57)59-23-25-11-3-1-4-12-25)47-48(63-45)38-46(64-47)44-36(52(38)50(58)60-24-26-13-5-2-6-14-26)22-28(62-44)20-34-30-16-8-10-18-32(30)40(54)42(34)56/h1-22H,23-24H2/b33-19-,34-20-. The molecule has 0 fully saturated rings. The molecule has 2 aliphatic rings. The lowest BCUT2D eigenvalue weighted by Crippen LogP contribution is -2.13. The van der Waals surface area contributed by atoms with Gasteiger partial charge in [0.2, 0.25) is 23.1 Å². The summed E-state index contributed by atoms with van der Waals surface area (Å²) in [5.74, 6) is -2.27. The van der Waals surface area contributed by atoms with Crippen LogP contribution < -0.4 is 0 Å². The van der Waals surface area contributed by atoms with Crippen molar-refractivity contribution >= 4 is 154 Å². The number of carbonyl (C=O) groups is 6. The highest BCUT2D eigenvalue weighted by atomic mass is 32.1. The maximum atomic E-state index is 14.4. The van der Waals surface area contributed by atoms with Gasteiger partial charge in [-0.15, -0.1) is 45.3 Å². The van der Waals surface area contributed by atoms with Crippen molar-refractivity contribution in [2.75, 3.05) is 0 Å². The third-order valence-electron chi connectivity index (χ3n) is 11.5. The smallest absolute Gasteiger partial charge is 0.419 e. The molecule has 0 saturated carbocycles. The number of thiophene rings is 4. The summed E-state index contributed by atoms with van der Waals surface area (Å²) in [5.41, 5.74) is 6.48. The Morgan fingerprint density at radius 2 is 0.797 bits per heavy atom. The summed E-state index contributed by atoms with van der Waals surface area (Å²) in [5, 5.41) is 0. The van der Waals surface area contributed by atoms with Crippen molar-refractivity contribution in [3.05, 3.63) is 164 Å². The minimum absolute atomic E-state index is 0.0277. The first-order valence-electron chi connectivity index (χ1n) is 19.9. The molecule has 6 aromatic heterocycles. The Kier molecular flexibility index (Phi) is 8.75. The fourth-order valence-corrected chi connectivity index (χ4v) is 13.8. The van der Waals surface area contributed by atoms with Crippen LogP contribution in [0.1, 0.15) is 52.7 Å². The van der Waals surface area contributed by atoms with Crippen LogP contribution in [0.5, 0.6) is 0 Å². The molecule has 0 bridgehead atoms. The van der Waals surface area contributed by atoms with Crippen molar-refractivity contribution in [1.82, 2.24) is 9.13 Å². The Bertz CT molecular complexity index is 3550. The zero-order valence-corrected chi connectivity index (χ0v) is 36.2. The van der Waals surface area contributed by atoms with Crippen LogP contribution in [0.3, 0.4) is 0 Å². The number of nitrogens with zero attached hydrogens (tertiary/aromatic N) is 2. The summed E-state index contributed by atoms with van der Waals surface area (Å²) < 4.78 is 19.8. The molecule has 4 aromatic carbocycles. The molecular weight excluding hydrogens is 885 g/mol. The van der Waals surface area contributed by atoms with Crippen molar-refractivity contribution in [2.45, 2.75) is 13.2 Å². The van der Waals surface area contributed by atoms with E-state index >= 15 is 0 Å². The van der Waals surface area contributed by atoms with Crippen molar-refractivity contribution in [1.29, 1.82) is 0 Å². The Morgan fingerprint density at radius 3 is 1.20 bits per heavy atom. The normalized spacial score (nSPS) is 15.0. The maximum absolute atomic E-state index is 14.4. The molecule has 308 valence electrons. The molecule has 2 aliphatic carbocycles. The number of Topliss-reactive ketones (excluding diaryl/α,β-unsaturated/α-hetero) is 4. The first kappa shape index (κ1) is 38.3. The zero-order valence-electron chi connectivity index (χ0n) is 32.9. The second-order valence-electron chi connectivity index (χ2n) is 15.2. The molecule has 0 aliphatic heterocycles. The predicted molar refractivity (Wildman–Crippen MR) is 253 cm³/mol. The van der Waals surface area contributed by atoms with Crippen LogP contribution in [0.2, 0.25) is 0 Å². The van der Waals surface area contributed by atoms with Gasteiger partial charge in [-0.2, -0.15) is 0 Å². The summed E-state index contributed by atoms with van der Waals surface area (Å²) in [6, 6.07) is 36.3. The number of fused-ring (bicyclic) bond motifs is 11. The van der Waals surface area contributed by atoms with E-state index in [4.69, 9.17) is 9.47 Å². The first-order valence-corrected chi connectivity index (χ1v) is 23.2. The topological polar surface area (TPSA) is 131 Å². The number of aromatic nitrogens is 2. The van der Waals surface area contributed by atoms with Crippen LogP contribution in [-0.4, -0.2) is 44.5 Å². The number of hydrogen-bond acceptors (Lipinski definition) is 12. The van der Waals surface area contributed by atoms with E-state index in [0.29, 0.717) is 65.2 Å². The van der Waals surface area contributed by atoms with Gasteiger partial charge in [-0.05, 0) is 46.5 Å². The van der Waals surface area contributed by atoms with Gasteiger partial charge < -0.3 is 9.47 Å². The molecule has 64 heavy (non-hydrogen) atoms. The van der Waals surface area contributed by atoms with Crippen molar-refractivity contribution in [3.8, 4) is 0 Å². The van der Waals surface area contributed by atoms with Gasteiger partial charge in [0.15, 0.2) is 0 Å². The lowest BCUT2D eigenvalue weighted by atomic mass is 10.1. The van der Waals surface area contributed by atoms with Crippen molar-refractivity contribution in [2.24, 2.45) is 0 Å². The number of allylic oxidation sites excluding steroid dienone is 2. The van der Waals surface area contributed by atoms with E-state index in [-0.39, 0.29) is 13.2 Å². The molecule has 12 rings (SSSR count). The predicted octanol–water partition coefficient (Wildman–Crippen LogP) is 12.3. The molecule has 0 spiro atoms. The molecule has 10 aromatic rings. The van der Waals surface area contributed by atoms with Crippen LogP contribution in [0.4, 0.5) is 9.59 Å². The number of ketones is 4. The van der Waals surface area contributed by atoms with Crippen molar-refractivity contribution < 1.29 is 38.2 Å². The van der Waals surface area contributed by atoms with E-state index in [0.717, 1.165) is 39.3 Å². The Hall–Kier alpha value is -7.36. The van der Waals surface area contributed by atoms with Crippen LogP contribution >= 0.6 is 45.3 Å². The SMILES string of the molecule is O=C1C(=O)c2ccccc2/C1=C/c1cc2c(s1)c1sc3c(sc4c5sc(/C=C6\C(=O)C(=O)c7ccccc76)cc5n(C(=O)OCc5ccccc5)c43)c1n2C(=O)OCc1ccccc1. The molecule has 0 unspecified atom stereocenters. The van der Waals surface area contributed by atoms with Crippen LogP contribution in [0.25, 0.3) is 73.6 Å². The molecule has 0 N–H and O–H groups in total. The van der Waals surface area contributed by atoms with Crippen molar-refractivity contribution in [3.63, 3.8) is 0 Å². The highest BCUT2D eigenvalue weighted by Crippen LogP contribution is 2.53. The number of hydrogen-bond donors (Lipinski definition) is 0. The van der Waals surface area contributed by atoms with Gasteiger partial charge in [-0.25, -0.2) is 18.7 Å². The molecule has 0 atom stereocenters. The van der Waals surface area contributed by atoms with E-state index < -0.39 is 35.3 Å². The van der Waals surface area contributed by atoms with Gasteiger partial charge in [-0.1, -0.05) is 109 Å². The van der Waals surface area contributed by atoms with Crippen LogP contribution in [0, 0.1) is 0 Å². The second kappa shape index (κ2) is 14.6. The highest BCUT2D eigenvalue weighted by Gasteiger charge is 2.36. The van der Waals surface area contributed by atoms with Gasteiger partial charge >= 0.3 is 12.2 Å². The Balaban J connectivity index is 1.06. The van der Waals surface area contributed by atoms with E-state index in [2.05, 4.69) is 0 Å². The number of benzene rings is 4. The average Bonchev–Trinajstić information content (AvgIpc) is 4.20. The van der Waals surface area contributed by atoms with E-state index in [1.807, 2.05) is 72.8 Å². The Morgan fingerprint density at radius 1 is 0.438 bits per heavy atom. The number of ether oxygens (including phenoxy) is 2. The minimum atomic E-state index is -0.604. The number of rotatable bonds is 6. The van der Waals surface area contributed by atoms with Gasteiger partial charge in [-0.3, -0.25) is 19.2 Å². The summed E-state index contributed by atoms with van der Waals surface area (Å²) in [6.45, 7) is 0.0555. The van der Waals surface area contributed by atoms with E-state index in [1.165, 1.54) is 45.3 Å². The summed E-state index contributed by atoms with van der Waals surface area (Å²) in [6.07, 6.45) is 2.21. The summed E-state index contributed by atoms with van der Waals surface area (Å²) in [4.78, 5) is 82.4. The van der Waals surface area contributed by atoms with Gasteiger partial charge in [0.1, 0.15) is 13.2 Å². The van der Waals surface area contributed by atoms with Gasteiger partial charge in [0, 0.05) is 32.0 Å². The fraction of sp³-hybridized carbons (Fsp3) is 0.0400. The fourth-order valence-electron chi connectivity index (χ4n) is 8.55. The second-order valence-corrected chi connectivity index (χ2v) is 19.4. The number of carbonyl (C=O) groups excluding carboxylic acids is 6. The van der Waals surface area contributed by atoms with Gasteiger partial charge in [0.25, 0.3) is 0 Å². The monoisotopic (exact) mass is 910 g/mol. The lowest BCUT2D eigenvalue weighted by molar-refractivity contribution is -0.110.